The molecule has 0 bridgehead atoms. The molecule has 2 rings (SSSR count). The molecular formula is C14H19N3O. The van der Waals surface area contributed by atoms with Crippen molar-refractivity contribution in [1.29, 1.82) is 0 Å². The summed E-state index contributed by atoms with van der Waals surface area (Å²) in [6.45, 7) is 7.46. The van der Waals surface area contributed by atoms with Crippen LogP contribution in [0.5, 0.6) is 0 Å². The number of carbonyl (C=O) groups excluding carboxylic acids is 1. The molecule has 96 valence electrons. The summed E-state index contributed by atoms with van der Waals surface area (Å²) in [6, 6.07) is 4.22. The molecule has 1 aromatic heterocycles. The van der Waals surface area contributed by atoms with Crippen LogP contribution >= 0.6 is 0 Å². The summed E-state index contributed by atoms with van der Waals surface area (Å²) >= 11 is 0. The van der Waals surface area contributed by atoms with Gasteiger partial charge in [0.2, 0.25) is 5.91 Å². The van der Waals surface area contributed by atoms with E-state index < -0.39 is 0 Å². The Labute approximate surface area is 107 Å². The van der Waals surface area contributed by atoms with Gasteiger partial charge in [-0.25, -0.2) is 4.98 Å². The minimum Gasteiger partial charge on any atom is -0.356 e. The van der Waals surface area contributed by atoms with E-state index in [0.29, 0.717) is 19.5 Å². The lowest BCUT2D eigenvalue weighted by atomic mass is 10.1. The Hall–Kier alpha value is -1.84. The van der Waals surface area contributed by atoms with Crippen molar-refractivity contribution < 1.29 is 4.79 Å². The predicted molar refractivity (Wildman–Crippen MR) is 72.5 cm³/mol. The van der Waals surface area contributed by atoms with E-state index in [1.54, 1.807) is 0 Å². The molecule has 0 saturated heterocycles. The number of aryl methyl sites for hydroxylation is 3. The maximum atomic E-state index is 11.5. The van der Waals surface area contributed by atoms with Crippen LogP contribution in [0.1, 0.15) is 24.5 Å². The third-order valence-corrected chi connectivity index (χ3v) is 3.19. The van der Waals surface area contributed by atoms with Crippen LogP contribution in [0.3, 0.4) is 0 Å². The molecule has 1 N–H and O–H groups in total. The predicted octanol–water partition coefficient (Wildman–Crippen LogP) is 2.18. The van der Waals surface area contributed by atoms with E-state index in [2.05, 4.69) is 36.3 Å². The van der Waals surface area contributed by atoms with E-state index in [0.717, 1.165) is 11.0 Å². The van der Waals surface area contributed by atoms with Crippen molar-refractivity contribution in [3.05, 3.63) is 29.6 Å². The van der Waals surface area contributed by atoms with Gasteiger partial charge in [0.15, 0.2) is 0 Å². The Morgan fingerprint density at radius 3 is 2.78 bits per heavy atom. The molecule has 0 atom stereocenters. The summed E-state index contributed by atoms with van der Waals surface area (Å²) in [6.07, 6.45) is 2.30. The average molecular weight is 245 g/mol. The van der Waals surface area contributed by atoms with Crippen LogP contribution < -0.4 is 5.32 Å². The second-order valence-electron chi connectivity index (χ2n) is 4.57. The van der Waals surface area contributed by atoms with Gasteiger partial charge in [0.05, 0.1) is 17.4 Å². The molecule has 0 fully saturated rings. The zero-order valence-electron chi connectivity index (χ0n) is 11.2. The minimum atomic E-state index is 0.0863. The Kier molecular flexibility index (Phi) is 3.65. The first-order valence-corrected chi connectivity index (χ1v) is 6.30. The lowest BCUT2D eigenvalue weighted by Gasteiger charge is -2.06. The Balaban J connectivity index is 2.19. The molecule has 1 heterocycles. The zero-order chi connectivity index (χ0) is 13.1. The van der Waals surface area contributed by atoms with Crippen molar-refractivity contribution in [3.63, 3.8) is 0 Å². The van der Waals surface area contributed by atoms with E-state index in [9.17, 15) is 4.79 Å². The van der Waals surface area contributed by atoms with Gasteiger partial charge in [0.25, 0.3) is 0 Å². The van der Waals surface area contributed by atoms with Gasteiger partial charge in [0, 0.05) is 19.5 Å². The minimum absolute atomic E-state index is 0.0863. The molecule has 4 nitrogen and oxygen atoms in total. The van der Waals surface area contributed by atoms with Crippen LogP contribution in [-0.2, 0) is 11.3 Å². The second-order valence-corrected chi connectivity index (χ2v) is 4.57. The van der Waals surface area contributed by atoms with E-state index >= 15 is 0 Å². The molecule has 0 saturated carbocycles. The summed E-state index contributed by atoms with van der Waals surface area (Å²) in [5, 5.41) is 2.80. The molecule has 0 aliphatic rings. The number of hydrogen-bond acceptors (Lipinski definition) is 2. The number of fused-ring (bicyclic) bond motifs is 1. The van der Waals surface area contributed by atoms with Gasteiger partial charge in [-0.1, -0.05) is 0 Å². The standard InChI is InChI=1S/C14H19N3O/c1-4-15-14(18)5-6-17-9-16-12-7-10(2)11(3)8-13(12)17/h7-9H,4-6H2,1-3H3,(H,15,18). The van der Waals surface area contributed by atoms with Gasteiger partial charge in [0.1, 0.15) is 0 Å². The quantitative estimate of drug-likeness (QED) is 0.897. The maximum absolute atomic E-state index is 11.5. The van der Waals surface area contributed by atoms with Crippen LogP contribution in [0.4, 0.5) is 0 Å². The number of amides is 1. The van der Waals surface area contributed by atoms with Gasteiger partial charge in [-0.15, -0.1) is 0 Å². The number of nitrogens with one attached hydrogen (secondary N) is 1. The zero-order valence-corrected chi connectivity index (χ0v) is 11.2. The first kappa shape index (κ1) is 12.6. The molecule has 4 heteroatoms. The molecule has 0 aliphatic heterocycles. The first-order chi connectivity index (χ1) is 8.61. The van der Waals surface area contributed by atoms with Crippen molar-refractivity contribution in [1.82, 2.24) is 14.9 Å². The summed E-state index contributed by atoms with van der Waals surface area (Å²) in [4.78, 5) is 15.8. The van der Waals surface area contributed by atoms with Crippen LogP contribution in [0.25, 0.3) is 11.0 Å². The molecule has 1 amide bonds. The van der Waals surface area contributed by atoms with E-state index in [1.807, 2.05) is 17.8 Å². The highest BCUT2D eigenvalue weighted by molar-refractivity contribution is 5.78. The number of rotatable bonds is 4. The lowest BCUT2D eigenvalue weighted by molar-refractivity contribution is -0.121. The van der Waals surface area contributed by atoms with Crippen LogP contribution in [0.2, 0.25) is 0 Å². The van der Waals surface area contributed by atoms with Gasteiger partial charge in [-0.05, 0) is 44.0 Å². The normalized spacial score (nSPS) is 10.8. The summed E-state index contributed by atoms with van der Waals surface area (Å²) < 4.78 is 2.04. The monoisotopic (exact) mass is 245 g/mol. The molecule has 0 unspecified atom stereocenters. The summed E-state index contributed by atoms with van der Waals surface area (Å²) in [7, 11) is 0. The topological polar surface area (TPSA) is 46.9 Å². The smallest absolute Gasteiger partial charge is 0.221 e. The highest BCUT2D eigenvalue weighted by atomic mass is 16.1. The van der Waals surface area contributed by atoms with Crippen molar-refractivity contribution in [2.24, 2.45) is 0 Å². The van der Waals surface area contributed by atoms with E-state index in [-0.39, 0.29) is 5.91 Å². The second kappa shape index (κ2) is 5.21. The molecule has 2 aromatic rings. The van der Waals surface area contributed by atoms with Crippen molar-refractivity contribution in [3.8, 4) is 0 Å². The van der Waals surface area contributed by atoms with Gasteiger partial charge < -0.3 is 9.88 Å². The molecule has 1 aromatic carbocycles. The number of imidazole rings is 1. The number of aromatic nitrogens is 2. The highest BCUT2D eigenvalue weighted by Crippen LogP contribution is 2.18. The fraction of sp³-hybridized carbons (Fsp3) is 0.429. The van der Waals surface area contributed by atoms with Crippen LogP contribution in [0.15, 0.2) is 18.5 Å². The Morgan fingerprint density at radius 2 is 2.06 bits per heavy atom. The largest absolute Gasteiger partial charge is 0.356 e. The Morgan fingerprint density at radius 1 is 1.33 bits per heavy atom. The third kappa shape index (κ3) is 2.53. The first-order valence-electron chi connectivity index (χ1n) is 6.30. The fourth-order valence-corrected chi connectivity index (χ4v) is 2.00. The molecule has 18 heavy (non-hydrogen) atoms. The molecule has 0 spiro atoms. The third-order valence-electron chi connectivity index (χ3n) is 3.19. The lowest BCUT2D eigenvalue weighted by Crippen LogP contribution is -2.23. The summed E-state index contributed by atoms with van der Waals surface area (Å²) in [5.41, 5.74) is 4.59. The number of benzene rings is 1. The van der Waals surface area contributed by atoms with Gasteiger partial charge in [-0.3, -0.25) is 4.79 Å². The van der Waals surface area contributed by atoms with Crippen molar-refractivity contribution in [2.45, 2.75) is 33.7 Å². The Bertz CT molecular complexity index is 572. The fourth-order valence-electron chi connectivity index (χ4n) is 2.00. The van der Waals surface area contributed by atoms with Crippen LogP contribution in [-0.4, -0.2) is 22.0 Å². The molecule has 0 radical (unpaired) electrons. The van der Waals surface area contributed by atoms with E-state index in [1.165, 1.54) is 11.1 Å². The molecule has 0 aliphatic carbocycles. The average Bonchev–Trinajstić information content (AvgIpc) is 2.70. The van der Waals surface area contributed by atoms with E-state index in [4.69, 9.17) is 0 Å². The highest BCUT2D eigenvalue weighted by Gasteiger charge is 2.06. The SMILES string of the molecule is CCNC(=O)CCn1cnc2cc(C)c(C)cc21. The van der Waals surface area contributed by atoms with Crippen molar-refractivity contribution in [2.75, 3.05) is 6.54 Å². The van der Waals surface area contributed by atoms with Crippen LogP contribution in [0, 0.1) is 13.8 Å². The number of carbonyl (C=O) groups is 1. The number of nitrogens with zero attached hydrogens (tertiary/aromatic N) is 2. The van der Waals surface area contributed by atoms with Gasteiger partial charge >= 0.3 is 0 Å². The summed E-state index contributed by atoms with van der Waals surface area (Å²) in [5.74, 6) is 0.0863. The van der Waals surface area contributed by atoms with Crippen molar-refractivity contribution >= 4 is 16.9 Å². The molecular weight excluding hydrogens is 226 g/mol. The number of hydrogen-bond donors (Lipinski definition) is 1. The van der Waals surface area contributed by atoms with Gasteiger partial charge in [-0.2, -0.15) is 0 Å². The maximum Gasteiger partial charge on any atom is 0.221 e.